The van der Waals surface area contributed by atoms with Crippen molar-refractivity contribution in [2.45, 2.75) is 32.9 Å². The minimum atomic E-state index is -0.980. The molecule has 14 nitrogen and oxygen atoms in total. The lowest BCUT2D eigenvalue weighted by Gasteiger charge is -2.32. The van der Waals surface area contributed by atoms with Gasteiger partial charge >= 0.3 is 11.8 Å². The summed E-state index contributed by atoms with van der Waals surface area (Å²) in [6.45, 7) is 8.59. The van der Waals surface area contributed by atoms with E-state index in [0.717, 1.165) is 6.20 Å². The average molecular weight is 475 g/mol. The van der Waals surface area contributed by atoms with E-state index < -0.39 is 28.2 Å². The van der Waals surface area contributed by atoms with Crippen LogP contribution in [0.2, 0.25) is 0 Å². The summed E-state index contributed by atoms with van der Waals surface area (Å²) in [4.78, 5) is 33.8. The number of amides is 2. The van der Waals surface area contributed by atoms with Crippen LogP contribution in [0.3, 0.4) is 0 Å². The Balaban J connectivity index is 2.00. The number of hydrogen-bond donors (Lipinski definition) is 2. The van der Waals surface area contributed by atoms with Crippen LogP contribution in [0.1, 0.15) is 31.3 Å². The lowest BCUT2D eigenvalue weighted by molar-refractivity contribution is -0.385. The van der Waals surface area contributed by atoms with Gasteiger partial charge in [0.05, 0.1) is 64.3 Å². The molecule has 0 saturated carbocycles. The minimum Gasteiger partial charge on any atom is -0.465 e. The monoisotopic (exact) mass is 475 g/mol. The normalized spacial score (nSPS) is 11.5. The molecule has 0 fully saturated rings. The maximum Gasteiger partial charge on any atom is 0.407 e. The molecule has 1 rings (SSSR count). The second-order valence-electron chi connectivity index (χ2n) is 7.80. The second-order valence-corrected chi connectivity index (χ2v) is 7.80. The molecule has 0 aliphatic rings. The van der Waals surface area contributed by atoms with Crippen LogP contribution in [-0.4, -0.2) is 102 Å². The average Bonchev–Trinajstić information content (AvgIpc) is 3.14. The van der Waals surface area contributed by atoms with E-state index in [2.05, 4.69) is 5.10 Å². The van der Waals surface area contributed by atoms with Crippen LogP contribution in [0, 0.1) is 10.1 Å². The van der Waals surface area contributed by atoms with Gasteiger partial charge in [-0.15, -0.1) is 0 Å². The molecule has 3 N–H and O–H groups in total. The number of ether oxygens (including phenoxy) is 4. The predicted octanol–water partition coefficient (Wildman–Crippen LogP) is 0.735. The van der Waals surface area contributed by atoms with Crippen LogP contribution in [0.25, 0.3) is 0 Å². The third kappa shape index (κ3) is 11.1. The van der Waals surface area contributed by atoms with E-state index in [1.165, 1.54) is 9.58 Å². The molecule has 0 atom stereocenters. The summed E-state index contributed by atoms with van der Waals surface area (Å²) in [7, 11) is 0. The summed E-state index contributed by atoms with van der Waals surface area (Å²) >= 11 is 0. The smallest absolute Gasteiger partial charge is 0.407 e. The van der Waals surface area contributed by atoms with Gasteiger partial charge in [-0.05, 0) is 20.8 Å². The summed E-state index contributed by atoms with van der Waals surface area (Å²) in [6.07, 6.45) is 0.152. The van der Waals surface area contributed by atoms with E-state index >= 15 is 0 Å². The lowest BCUT2D eigenvalue weighted by Crippen LogP contribution is -2.46. The van der Waals surface area contributed by atoms with Crippen molar-refractivity contribution < 1.29 is 38.6 Å². The van der Waals surface area contributed by atoms with Gasteiger partial charge in [-0.3, -0.25) is 19.6 Å². The Bertz CT molecular complexity index is 732. The number of carbonyl (C=O) groups excluding carboxylic acids is 1. The first kappa shape index (κ1) is 28.2. The molecule has 0 aliphatic carbocycles. The molecule has 1 heterocycles. The highest BCUT2D eigenvalue weighted by atomic mass is 16.6. The third-order valence-electron chi connectivity index (χ3n) is 4.25. The van der Waals surface area contributed by atoms with Gasteiger partial charge in [0.15, 0.2) is 0 Å². The van der Waals surface area contributed by atoms with Gasteiger partial charge in [0.25, 0.3) is 5.91 Å². The Hall–Kier alpha value is -2.81. The Morgan fingerprint density at radius 2 is 1.55 bits per heavy atom. The van der Waals surface area contributed by atoms with Crippen molar-refractivity contribution in [3.8, 4) is 0 Å². The van der Waals surface area contributed by atoms with E-state index in [0.29, 0.717) is 39.6 Å². The van der Waals surface area contributed by atoms with Crippen LogP contribution in [0.15, 0.2) is 6.20 Å². The third-order valence-corrected chi connectivity index (χ3v) is 4.25. The molecular formula is C19H33N5O9. The Morgan fingerprint density at radius 3 is 1.94 bits per heavy atom. The van der Waals surface area contributed by atoms with Gasteiger partial charge in [0.2, 0.25) is 5.69 Å². The van der Waals surface area contributed by atoms with Gasteiger partial charge in [0, 0.05) is 12.1 Å². The van der Waals surface area contributed by atoms with Gasteiger partial charge < -0.3 is 34.7 Å². The summed E-state index contributed by atoms with van der Waals surface area (Å²) in [6, 6.07) is 0. The maximum atomic E-state index is 11.2. The molecule has 2 amide bonds. The van der Waals surface area contributed by atoms with Gasteiger partial charge in [-0.1, -0.05) is 0 Å². The molecule has 14 heteroatoms. The molecule has 188 valence electrons. The minimum absolute atomic E-state index is 0.219. The highest BCUT2D eigenvalue weighted by molar-refractivity contribution is 5.94. The first-order valence-corrected chi connectivity index (χ1v) is 10.4. The van der Waals surface area contributed by atoms with E-state index in [1.54, 1.807) is 0 Å². The SMILES string of the molecule is CC(C)(C)N(CCOCCOCCOCCOCCn1cc([N+](=O)[O-])c(C(N)=O)n1)C(=O)O. The van der Waals surface area contributed by atoms with Crippen molar-refractivity contribution in [2.24, 2.45) is 5.73 Å². The molecule has 33 heavy (non-hydrogen) atoms. The fraction of sp³-hybridized carbons (Fsp3) is 0.737. The standard InChI is InChI=1S/C19H33N5O9/c1-19(2,3)23(18(26)27)5-7-31-9-11-33-13-12-32-10-8-30-6-4-22-14-15(24(28)29)16(21-22)17(20)25/h14H,4-13H2,1-3H3,(H2,20,25)(H,26,27). The first-order chi connectivity index (χ1) is 15.5. The Labute approximate surface area is 191 Å². The Kier molecular flexibility index (Phi) is 12.3. The van der Waals surface area contributed by atoms with Crippen molar-refractivity contribution in [1.29, 1.82) is 0 Å². The summed E-state index contributed by atoms with van der Waals surface area (Å²) < 4.78 is 22.7. The fourth-order valence-electron chi connectivity index (χ4n) is 2.63. The number of carboxylic acid groups (broad SMARTS) is 1. The molecule has 0 saturated heterocycles. The topological polar surface area (TPSA) is 182 Å². The highest BCUT2D eigenvalue weighted by Gasteiger charge is 2.25. The number of rotatable bonds is 17. The fourth-order valence-corrected chi connectivity index (χ4v) is 2.63. The molecule has 0 aromatic carbocycles. The Morgan fingerprint density at radius 1 is 1.06 bits per heavy atom. The van der Waals surface area contributed by atoms with Crippen molar-refractivity contribution in [3.05, 3.63) is 22.0 Å². The molecule has 1 aromatic heterocycles. The highest BCUT2D eigenvalue weighted by Crippen LogP contribution is 2.15. The zero-order chi connectivity index (χ0) is 24.9. The van der Waals surface area contributed by atoms with E-state index in [9.17, 15) is 24.8 Å². The largest absolute Gasteiger partial charge is 0.465 e. The molecule has 0 spiro atoms. The summed E-state index contributed by atoms with van der Waals surface area (Å²) in [5.41, 5.74) is 3.76. The number of hydrogen-bond acceptors (Lipinski definition) is 9. The van der Waals surface area contributed by atoms with E-state index in [1.807, 2.05) is 20.8 Å². The van der Waals surface area contributed by atoms with Gasteiger partial charge in [-0.2, -0.15) is 5.10 Å². The molecule has 0 unspecified atom stereocenters. The number of nitrogens with zero attached hydrogens (tertiary/aromatic N) is 4. The molecular weight excluding hydrogens is 442 g/mol. The van der Waals surface area contributed by atoms with Gasteiger partial charge in [-0.25, -0.2) is 4.79 Å². The molecule has 1 aromatic rings. The van der Waals surface area contributed by atoms with Crippen LogP contribution in [0.5, 0.6) is 0 Å². The van der Waals surface area contributed by atoms with E-state index in [-0.39, 0.29) is 32.0 Å². The maximum absolute atomic E-state index is 11.2. The summed E-state index contributed by atoms with van der Waals surface area (Å²) in [5, 5.41) is 23.8. The van der Waals surface area contributed by atoms with Crippen LogP contribution < -0.4 is 5.73 Å². The molecule has 0 aliphatic heterocycles. The lowest BCUT2D eigenvalue weighted by atomic mass is 10.1. The van der Waals surface area contributed by atoms with Crippen molar-refractivity contribution in [3.63, 3.8) is 0 Å². The van der Waals surface area contributed by atoms with Gasteiger partial charge in [0.1, 0.15) is 6.20 Å². The van der Waals surface area contributed by atoms with Crippen LogP contribution in [0.4, 0.5) is 10.5 Å². The zero-order valence-corrected chi connectivity index (χ0v) is 19.2. The molecule has 0 bridgehead atoms. The second kappa shape index (κ2) is 14.4. The first-order valence-electron chi connectivity index (χ1n) is 10.4. The number of nitro groups is 1. The van der Waals surface area contributed by atoms with Crippen molar-refractivity contribution in [1.82, 2.24) is 14.7 Å². The van der Waals surface area contributed by atoms with Crippen LogP contribution >= 0.6 is 0 Å². The number of carbonyl (C=O) groups is 2. The number of nitrogens with two attached hydrogens (primary N) is 1. The number of aromatic nitrogens is 2. The quantitative estimate of drug-likeness (QED) is 0.185. The molecule has 0 radical (unpaired) electrons. The van der Waals surface area contributed by atoms with Crippen molar-refractivity contribution in [2.75, 3.05) is 59.4 Å². The number of primary amides is 1. The predicted molar refractivity (Wildman–Crippen MR) is 115 cm³/mol. The van der Waals surface area contributed by atoms with E-state index in [4.69, 9.17) is 24.7 Å². The zero-order valence-electron chi connectivity index (χ0n) is 19.2. The summed E-state index contributed by atoms with van der Waals surface area (Å²) in [5.74, 6) is -0.964. The van der Waals surface area contributed by atoms with Crippen molar-refractivity contribution >= 4 is 17.7 Å². The van der Waals surface area contributed by atoms with Crippen LogP contribution in [-0.2, 0) is 25.5 Å².